The molecule has 1 heterocycles. The van der Waals surface area contributed by atoms with Gasteiger partial charge in [0.1, 0.15) is 0 Å². The highest BCUT2D eigenvalue weighted by molar-refractivity contribution is 9.11. The number of nitrogens with zero attached hydrogens (tertiary/aromatic N) is 3. The van der Waals surface area contributed by atoms with Crippen LogP contribution in [0.5, 0.6) is 0 Å². The maximum absolute atomic E-state index is 4.23. The molecule has 0 atom stereocenters. The zero-order chi connectivity index (χ0) is 11.8. The highest BCUT2D eigenvalue weighted by Crippen LogP contribution is 2.13. The van der Waals surface area contributed by atoms with Gasteiger partial charge in [0.2, 0.25) is 4.73 Å². The molecule has 16 heavy (non-hydrogen) atoms. The average Bonchev–Trinajstić information content (AvgIpc) is 2.56. The molecule has 0 aliphatic heterocycles. The average molecular weight is 353 g/mol. The van der Waals surface area contributed by atoms with E-state index in [4.69, 9.17) is 0 Å². The van der Waals surface area contributed by atoms with Gasteiger partial charge < -0.3 is 0 Å². The Bertz CT molecular complexity index is 299. The van der Waals surface area contributed by atoms with Gasteiger partial charge in [-0.1, -0.05) is 45.4 Å². The smallest absolute Gasteiger partial charge is 0.218 e. The molecule has 92 valence electrons. The van der Waals surface area contributed by atoms with Crippen LogP contribution in [0, 0.1) is 0 Å². The molecule has 1 aromatic heterocycles. The molecule has 1 rings (SSSR count). The van der Waals surface area contributed by atoms with Gasteiger partial charge in [0, 0.05) is 6.54 Å². The largest absolute Gasteiger partial charge is 0.239 e. The number of hydrogen-bond donors (Lipinski definition) is 0. The van der Waals surface area contributed by atoms with E-state index in [1.165, 1.54) is 44.9 Å². The van der Waals surface area contributed by atoms with Crippen molar-refractivity contribution in [3.05, 3.63) is 9.47 Å². The molecule has 0 fully saturated rings. The Morgan fingerprint density at radius 1 is 1.00 bits per heavy atom. The van der Waals surface area contributed by atoms with Crippen LogP contribution in [0.4, 0.5) is 0 Å². The van der Waals surface area contributed by atoms with E-state index in [2.05, 4.69) is 48.9 Å². The van der Waals surface area contributed by atoms with Crippen molar-refractivity contribution in [3.63, 3.8) is 0 Å². The summed E-state index contributed by atoms with van der Waals surface area (Å²) in [5.74, 6) is 0. The summed E-state index contributed by atoms with van der Waals surface area (Å²) >= 11 is 6.64. The van der Waals surface area contributed by atoms with Crippen LogP contribution in [0.25, 0.3) is 0 Å². The minimum atomic E-state index is 0.655. The summed E-state index contributed by atoms with van der Waals surface area (Å²) in [4.78, 5) is 4.14. The van der Waals surface area contributed by atoms with Crippen molar-refractivity contribution in [2.24, 2.45) is 0 Å². The topological polar surface area (TPSA) is 30.7 Å². The zero-order valence-corrected chi connectivity index (χ0v) is 12.9. The summed E-state index contributed by atoms with van der Waals surface area (Å²) in [6.07, 6.45) is 9.26. The highest BCUT2D eigenvalue weighted by Gasteiger charge is 2.03. The van der Waals surface area contributed by atoms with Crippen LogP contribution in [0.1, 0.15) is 51.9 Å². The first-order chi connectivity index (χ1) is 7.74. The fourth-order valence-corrected chi connectivity index (χ4v) is 2.68. The Hall–Kier alpha value is 0.1000. The summed E-state index contributed by atoms with van der Waals surface area (Å²) in [5.41, 5.74) is 0. The minimum Gasteiger partial charge on any atom is -0.239 e. The second kappa shape index (κ2) is 8.23. The predicted molar refractivity (Wildman–Crippen MR) is 73.4 cm³/mol. The summed E-state index contributed by atoms with van der Waals surface area (Å²) < 4.78 is 3.36. The van der Waals surface area contributed by atoms with Crippen molar-refractivity contribution in [2.45, 2.75) is 58.4 Å². The van der Waals surface area contributed by atoms with Crippen LogP contribution in [0.15, 0.2) is 9.47 Å². The molecule has 0 bridgehead atoms. The highest BCUT2D eigenvalue weighted by atomic mass is 79.9. The number of halogens is 2. The number of rotatable bonds is 8. The van der Waals surface area contributed by atoms with Crippen LogP contribution in [0.2, 0.25) is 0 Å². The van der Waals surface area contributed by atoms with Gasteiger partial charge in [0.15, 0.2) is 4.73 Å². The molecule has 0 spiro atoms. The molecular formula is C11H19Br2N3. The number of unbranched alkanes of at least 4 members (excludes halogenated alkanes) is 6. The predicted octanol–water partition coefficient (Wildman–Crippen LogP) is 4.55. The summed E-state index contributed by atoms with van der Waals surface area (Å²) in [6.45, 7) is 3.20. The molecule has 3 nitrogen and oxygen atoms in total. The molecule has 0 unspecified atom stereocenters. The van der Waals surface area contributed by atoms with Gasteiger partial charge in [-0.25, -0.2) is 4.68 Å². The van der Waals surface area contributed by atoms with Crippen LogP contribution in [0.3, 0.4) is 0 Å². The Morgan fingerprint density at radius 3 is 2.19 bits per heavy atom. The lowest BCUT2D eigenvalue weighted by Gasteiger charge is -2.02. The standard InChI is InChI=1S/C11H19Br2N3/c1-2-3-4-5-6-7-8-9-16-11(13)14-10(12)15-16/h2-9H2,1H3. The molecule has 1 aromatic rings. The lowest BCUT2D eigenvalue weighted by atomic mass is 10.1. The molecular weight excluding hydrogens is 334 g/mol. The van der Waals surface area contributed by atoms with E-state index in [9.17, 15) is 0 Å². The lowest BCUT2D eigenvalue weighted by molar-refractivity contribution is 0.515. The SMILES string of the molecule is CCCCCCCCCn1nc(Br)nc1Br. The summed E-state index contributed by atoms with van der Waals surface area (Å²) in [5, 5.41) is 4.23. The van der Waals surface area contributed by atoms with Crippen molar-refractivity contribution in [2.75, 3.05) is 0 Å². The third kappa shape index (κ3) is 5.43. The quantitative estimate of drug-likeness (QED) is 0.642. The third-order valence-electron chi connectivity index (χ3n) is 2.57. The normalized spacial score (nSPS) is 10.9. The molecule has 0 aromatic carbocycles. The number of hydrogen-bond acceptors (Lipinski definition) is 2. The third-order valence-corrected chi connectivity index (χ3v) is 3.50. The van der Waals surface area contributed by atoms with Crippen LogP contribution in [-0.4, -0.2) is 14.8 Å². The van der Waals surface area contributed by atoms with Gasteiger partial charge in [-0.05, 0) is 38.3 Å². The van der Waals surface area contributed by atoms with Crippen molar-refractivity contribution in [1.82, 2.24) is 14.8 Å². The van der Waals surface area contributed by atoms with Gasteiger partial charge >= 0.3 is 0 Å². The van der Waals surface area contributed by atoms with E-state index in [0.29, 0.717) is 4.73 Å². The second-order valence-electron chi connectivity index (χ2n) is 3.99. The first-order valence-corrected chi connectivity index (χ1v) is 7.58. The maximum atomic E-state index is 4.23. The van der Waals surface area contributed by atoms with E-state index in [-0.39, 0.29) is 0 Å². The van der Waals surface area contributed by atoms with Crippen molar-refractivity contribution >= 4 is 31.9 Å². The monoisotopic (exact) mass is 351 g/mol. The van der Waals surface area contributed by atoms with E-state index in [0.717, 1.165) is 11.3 Å². The first kappa shape index (κ1) is 14.2. The molecule has 0 amide bonds. The van der Waals surface area contributed by atoms with Crippen LogP contribution < -0.4 is 0 Å². The van der Waals surface area contributed by atoms with Gasteiger partial charge in [-0.2, -0.15) is 4.98 Å². The molecule has 5 heteroatoms. The van der Waals surface area contributed by atoms with E-state index >= 15 is 0 Å². The fraction of sp³-hybridized carbons (Fsp3) is 0.818. The van der Waals surface area contributed by atoms with E-state index in [1.807, 2.05) is 4.68 Å². The molecule has 0 aliphatic carbocycles. The van der Waals surface area contributed by atoms with Gasteiger partial charge in [0.25, 0.3) is 0 Å². The summed E-state index contributed by atoms with van der Waals surface area (Å²) in [6, 6.07) is 0. The molecule has 0 radical (unpaired) electrons. The van der Waals surface area contributed by atoms with Crippen molar-refractivity contribution in [1.29, 1.82) is 0 Å². The van der Waals surface area contributed by atoms with Crippen molar-refractivity contribution < 1.29 is 0 Å². The maximum Gasteiger partial charge on any atom is 0.218 e. The molecule has 0 N–H and O–H groups in total. The van der Waals surface area contributed by atoms with Gasteiger partial charge in [-0.15, -0.1) is 5.10 Å². The molecule has 0 saturated carbocycles. The lowest BCUT2D eigenvalue weighted by Crippen LogP contribution is -2.00. The second-order valence-corrected chi connectivity index (χ2v) is 5.41. The van der Waals surface area contributed by atoms with E-state index in [1.54, 1.807) is 0 Å². The minimum absolute atomic E-state index is 0.655. The molecule has 0 aliphatic rings. The Labute approximate surface area is 114 Å². The number of aryl methyl sites for hydroxylation is 1. The number of aromatic nitrogens is 3. The Balaban J connectivity index is 2.05. The zero-order valence-electron chi connectivity index (χ0n) is 9.75. The molecule has 0 saturated heterocycles. The van der Waals surface area contributed by atoms with Crippen LogP contribution in [-0.2, 0) is 6.54 Å². The Morgan fingerprint density at radius 2 is 1.62 bits per heavy atom. The van der Waals surface area contributed by atoms with Crippen molar-refractivity contribution in [3.8, 4) is 0 Å². The van der Waals surface area contributed by atoms with E-state index < -0.39 is 0 Å². The van der Waals surface area contributed by atoms with Gasteiger partial charge in [0.05, 0.1) is 0 Å². The Kier molecular flexibility index (Phi) is 7.28. The summed E-state index contributed by atoms with van der Waals surface area (Å²) in [7, 11) is 0. The first-order valence-electron chi connectivity index (χ1n) is 6.00. The van der Waals surface area contributed by atoms with Crippen LogP contribution >= 0.6 is 31.9 Å². The fourth-order valence-electron chi connectivity index (χ4n) is 1.66. The van der Waals surface area contributed by atoms with Gasteiger partial charge in [-0.3, -0.25) is 0 Å².